The van der Waals surface area contributed by atoms with Crippen molar-refractivity contribution in [2.75, 3.05) is 0 Å². The number of hydrogen-bond acceptors (Lipinski definition) is 0. The third-order valence-electron chi connectivity index (χ3n) is 7.64. The van der Waals surface area contributed by atoms with E-state index in [-0.39, 0.29) is 0 Å². The zero-order valence-corrected chi connectivity index (χ0v) is 10.5. The van der Waals surface area contributed by atoms with Crippen LogP contribution < -0.4 is 0 Å². The molecule has 0 aromatic carbocycles. The van der Waals surface area contributed by atoms with Gasteiger partial charge in [-0.15, -0.1) is 0 Å². The predicted molar refractivity (Wildman–Crippen MR) is 62.5 cm³/mol. The summed E-state index contributed by atoms with van der Waals surface area (Å²) in [6.45, 7) is 7.78. The Labute approximate surface area is 93.8 Å². The second-order valence-corrected chi connectivity index (χ2v) is 7.79. The highest BCUT2D eigenvalue weighted by atomic mass is 14.8. The van der Waals surface area contributed by atoms with Crippen molar-refractivity contribution in [1.82, 2.24) is 0 Å². The van der Waals surface area contributed by atoms with E-state index in [0.717, 1.165) is 34.0 Å². The van der Waals surface area contributed by atoms with E-state index < -0.39 is 0 Å². The average molecular weight is 204 g/mol. The standard InChI is InChI=1S/C15H24/c1-10-5-4-6-15-8-12-11(7-14(10,15)3)13(12,2)9-15/h10-12H,4-9H2,1-3H3/t10-,11+,12+,13+,14+,15-/m1/s1. The Balaban J connectivity index is 1.81. The van der Waals surface area contributed by atoms with Gasteiger partial charge in [0.05, 0.1) is 0 Å². The van der Waals surface area contributed by atoms with Crippen molar-refractivity contribution in [3.05, 3.63) is 0 Å². The molecule has 0 aromatic heterocycles. The van der Waals surface area contributed by atoms with Gasteiger partial charge in [-0.25, -0.2) is 0 Å². The van der Waals surface area contributed by atoms with Gasteiger partial charge in [-0.1, -0.05) is 33.6 Å². The Morgan fingerprint density at radius 1 is 1.07 bits per heavy atom. The molecule has 4 bridgehead atoms. The van der Waals surface area contributed by atoms with Crippen molar-refractivity contribution in [3.8, 4) is 0 Å². The largest absolute Gasteiger partial charge is 0.0620 e. The summed E-state index contributed by atoms with van der Waals surface area (Å²) in [4.78, 5) is 0. The lowest BCUT2D eigenvalue weighted by Gasteiger charge is -2.60. The molecule has 1 spiro atoms. The third-order valence-corrected chi connectivity index (χ3v) is 7.64. The van der Waals surface area contributed by atoms with Crippen LogP contribution in [0.3, 0.4) is 0 Å². The van der Waals surface area contributed by atoms with Crippen LogP contribution in [0.15, 0.2) is 0 Å². The van der Waals surface area contributed by atoms with Crippen LogP contribution in [0.1, 0.15) is 59.3 Å². The van der Waals surface area contributed by atoms with E-state index in [2.05, 4.69) is 20.8 Å². The Morgan fingerprint density at radius 3 is 2.47 bits per heavy atom. The summed E-state index contributed by atoms with van der Waals surface area (Å²) in [6.07, 6.45) is 9.36. The molecule has 0 heterocycles. The Bertz CT molecular complexity index is 333. The van der Waals surface area contributed by atoms with Crippen LogP contribution in [0.4, 0.5) is 0 Å². The van der Waals surface area contributed by atoms with Gasteiger partial charge in [-0.2, -0.15) is 0 Å². The molecule has 0 radical (unpaired) electrons. The van der Waals surface area contributed by atoms with Gasteiger partial charge < -0.3 is 0 Å². The van der Waals surface area contributed by atoms with Gasteiger partial charge >= 0.3 is 0 Å². The quantitative estimate of drug-likeness (QED) is 0.553. The van der Waals surface area contributed by atoms with Crippen LogP contribution in [0.5, 0.6) is 0 Å². The van der Waals surface area contributed by atoms with Crippen molar-refractivity contribution in [1.29, 1.82) is 0 Å². The molecule has 5 saturated carbocycles. The molecule has 0 amide bonds. The predicted octanol–water partition coefficient (Wildman–Crippen LogP) is 4.25. The highest BCUT2D eigenvalue weighted by molar-refractivity contribution is 5.27. The lowest BCUT2D eigenvalue weighted by atomic mass is 9.45. The fraction of sp³-hybridized carbons (Fsp3) is 1.00. The van der Waals surface area contributed by atoms with E-state index in [1.165, 1.54) is 12.8 Å². The summed E-state index contributed by atoms with van der Waals surface area (Å²) in [6, 6.07) is 0. The van der Waals surface area contributed by atoms with Gasteiger partial charge in [-0.3, -0.25) is 0 Å². The average Bonchev–Trinajstić information content (AvgIpc) is 2.60. The van der Waals surface area contributed by atoms with Crippen molar-refractivity contribution < 1.29 is 0 Å². The molecule has 6 atom stereocenters. The minimum atomic E-state index is 0.725. The van der Waals surface area contributed by atoms with Gasteiger partial charge in [0, 0.05) is 0 Å². The van der Waals surface area contributed by atoms with Gasteiger partial charge in [-0.05, 0) is 59.7 Å². The van der Waals surface area contributed by atoms with Crippen molar-refractivity contribution in [3.63, 3.8) is 0 Å². The zero-order chi connectivity index (χ0) is 10.5. The molecule has 5 rings (SSSR count). The molecule has 5 aliphatic rings. The van der Waals surface area contributed by atoms with E-state index in [1.807, 2.05) is 0 Å². The molecule has 15 heavy (non-hydrogen) atoms. The Morgan fingerprint density at radius 2 is 1.80 bits per heavy atom. The van der Waals surface area contributed by atoms with Crippen molar-refractivity contribution >= 4 is 0 Å². The maximum Gasteiger partial charge on any atom is -0.0233 e. The maximum absolute atomic E-state index is 2.64. The minimum absolute atomic E-state index is 0.725. The summed E-state index contributed by atoms with van der Waals surface area (Å²) < 4.78 is 0. The summed E-state index contributed by atoms with van der Waals surface area (Å²) in [5, 5.41) is 0. The number of rotatable bonds is 0. The molecule has 0 saturated heterocycles. The van der Waals surface area contributed by atoms with Crippen LogP contribution >= 0.6 is 0 Å². The van der Waals surface area contributed by atoms with Crippen LogP contribution in [0.2, 0.25) is 0 Å². The second-order valence-electron chi connectivity index (χ2n) is 7.79. The normalized spacial score (nSPS) is 70.2. The van der Waals surface area contributed by atoms with Crippen LogP contribution in [-0.2, 0) is 0 Å². The minimum Gasteiger partial charge on any atom is -0.0620 e. The molecule has 0 aromatic rings. The second kappa shape index (κ2) is 2.17. The first-order chi connectivity index (χ1) is 7.02. The molecule has 0 nitrogen and oxygen atoms in total. The smallest absolute Gasteiger partial charge is 0.0233 e. The maximum atomic E-state index is 2.64. The first-order valence-corrected chi connectivity index (χ1v) is 7.02. The molecule has 0 heteroatoms. The Hall–Kier alpha value is 0. The zero-order valence-electron chi connectivity index (χ0n) is 10.5. The van der Waals surface area contributed by atoms with Crippen LogP contribution in [0.25, 0.3) is 0 Å². The molecule has 0 N–H and O–H groups in total. The van der Waals surface area contributed by atoms with E-state index in [1.54, 1.807) is 25.7 Å². The van der Waals surface area contributed by atoms with Gasteiger partial charge in [0.2, 0.25) is 0 Å². The van der Waals surface area contributed by atoms with Crippen molar-refractivity contribution in [2.24, 2.45) is 34.0 Å². The van der Waals surface area contributed by atoms with Gasteiger partial charge in [0.25, 0.3) is 0 Å². The fourth-order valence-corrected chi connectivity index (χ4v) is 6.37. The highest BCUT2D eigenvalue weighted by Crippen LogP contribution is 2.86. The van der Waals surface area contributed by atoms with E-state index >= 15 is 0 Å². The molecule has 84 valence electrons. The summed E-state index contributed by atoms with van der Waals surface area (Å²) in [5.41, 5.74) is 2.33. The van der Waals surface area contributed by atoms with E-state index in [4.69, 9.17) is 0 Å². The lowest BCUT2D eigenvalue weighted by molar-refractivity contribution is -0.102. The molecule has 5 fully saturated rings. The lowest BCUT2D eigenvalue weighted by Crippen LogP contribution is -2.51. The monoisotopic (exact) mass is 204 g/mol. The molecular formula is C15H24. The van der Waals surface area contributed by atoms with Crippen LogP contribution in [0, 0.1) is 34.0 Å². The van der Waals surface area contributed by atoms with Crippen molar-refractivity contribution in [2.45, 2.75) is 59.3 Å². The first-order valence-electron chi connectivity index (χ1n) is 7.02. The van der Waals surface area contributed by atoms with Crippen LogP contribution in [-0.4, -0.2) is 0 Å². The molecule has 0 aliphatic heterocycles. The SMILES string of the molecule is C[C@@H]1CCC[C@]23C[C@H]4[C@H](C[C@@]12C)[C@]4(C)C3. The number of hydrogen-bond donors (Lipinski definition) is 0. The van der Waals surface area contributed by atoms with E-state index in [0.29, 0.717) is 0 Å². The Kier molecular flexibility index (Phi) is 1.31. The molecule has 0 unspecified atom stereocenters. The first kappa shape index (κ1) is 9.07. The van der Waals surface area contributed by atoms with E-state index in [9.17, 15) is 0 Å². The van der Waals surface area contributed by atoms with Gasteiger partial charge in [0.1, 0.15) is 0 Å². The van der Waals surface area contributed by atoms with Gasteiger partial charge in [0.15, 0.2) is 0 Å². The molecular weight excluding hydrogens is 180 g/mol. The summed E-state index contributed by atoms with van der Waals surface area (Å²) >= 11 is 0. The molecule has 5 aliphatic carbocycles. The topological polar surface area (TPSA) is 0 Å². The summed E-state index contributed by atoms with van der Waals surface area (Å²) in [5.74, 6) is 3.28. The highest BCUT2D eigenvalue weighted by Gasteiger charge is 2.78. The third kappa shape index (κ3) is 0.746. The summed E-state index contributed by atoms with van der Waals surface area (Å²) in [7, 11) is 0. The fourth-order valence-electron chi connectivity index (χ4n) is 6.37.